The van der Waals surface area contributed by atoms with E-state index in [0.29, 0.717) is 13.0 Å². The SMILES string of the molecule is O=C(NCC(F)(F)F)[C@H]1Cc2ccccc2CN1. The van der Waals surface area contributed by atoms with E-state index in [1.165, 1.54) is 0 Å². The molecule has 18 heavy (non-hydrogen) atoms. The van der Waals surface area contributed by atoms with Crippen molar-refractivity contribution in [2.45, 2.75) is 25.2 Å². The molecule has 6 heteroatoms. The number of rotatable bonds is 2. The van der Waals surface area contributed by atoms with E-state index in [4.69, 9.17) is 0 Å². The van der Waals surface area contributed by atoms with Gasteiger partial charge in [0.1, 0.15) is 6.54 Å². The molecule has 1 aliphatic rings. The first-order chi connectivity index (χ1) is 8.46. The van der Waals surface area contributed by atoms with Crippen LogP contribution in [0, 0.1) is 0 Å². The molecule has 0 radical (unpaired) electrons. The van der Waals surface area contributed by atoms with E-state index in [1.807, 2.05) is 29.6 Å². The first-order valence-corrected chi connectivity index (χ1v) is 5.60. The maximum Gasteiger partial charge on any atom is 0.405 e. The average molecular weight is 258 g/mol. The van der Waals surface area contributed by atoms with Crippen LogP contribution in [0.5, 0.6) is 0 Å². The molecule has 1 amide bonds. The van der Waals surface area contributed by atoms with E-state index < -0.39 is 24.7 Å². The van der Waals surface area contributed by atoms with Crippen LogP contribution in [-0.2, 0) is 17.8 Å². The number of hydrogen-bond donors (Lipinski definition) is 2. The smallest absolute Gasteiger partial charge is 0.346 e. The fourth-order valence-electron chi connectivity index (χ4n) is 1.95. The molecule has 0 saturated carbocycles. The molecule has 0 saturated heterocycles. The van der Waals surface area contributed by atoms with Crippen LogP contribution >= 0.6 is 0 Å². The molecule has 3 nitrogen and oxygen atoms in total. The number of halogens is 3. The van der Waals surface area contributed by atoms with Crippen molar-refractivity contribution in [2.75, 3.05) is 6.54 Å². The second kappa shape index (κ2) is 4.97. The fourth-order valence-corrected chi connectivity index (χ4v) is 1.95. The number of amides is 1. The van der Waals surface area contributed by atoms with Crippen LogP contribution in [0.1, 0.15) is 11.1 Å². The summed E-state index contributed by atoms with van der Waals surface area (Å²) in [5, 5.41) is 4.83. The van der Waals surface area contributed by atoms with Crippen molar-refractivity contribution in [3.8, 4) is 0 Å². The van der Waals surface area contributed by atoms with Crippen LogP contribution in [0.4, 0.5) is 13.2 Å². The van der Waals surface area contributed by atoms with Crippen LogP contribution in [-0.4, -0.2) is 24.7 Å². The molecule has 2 N–H and O–H groups in total. The topological polar surface area (TPSA) is 41.1 Å². The minimum absolute atomic E-state index is 0.417. The van der Waals surface area contributed by atoms with Gasteiger partial charge >= 0.3 is 6.18 Å². The zero-order valence-electron chi connectivity index (χ0n) is 9.55. The van der Waals surface area contributed by atoms with Crippen molar-refractivity contribution >= 4 is 5.91 Å². The van der Waals surface area contributed by atoms with Crippen LogP contribution in [0.3, 0.4) is 0 Å². The molecule has 1 aromatic rings. The second-order valence-corrected chi connectivity index (χ2v) is 4.24. The van der Waals surface area contributed by atoms with Crippen LogP contribution in [0.25, 0.3) is 0 Å². The highest BCUT2D eigenvalue weighted by molar-refractivity contribution is 5.82. The lowest BCUT2D eigenvalue weighted by molar-refractivity contribution is -0.139. The van der Waals surface area contributed by atoms with Crippen molar-refractivity contribution in [3.63, 3.8) is 0 Å². The molecule has 0 unspecified atom stereocenters. The highest BCUT2D eigenvalue weighted by Crippen LogP contribution is 2.17. The summed E-state index contributed by atoms with van der Waals surface area (Å²) in [6, 6.07) is 6.98. The van der Waals surface area contributed by atoms with Gasteiger partial charge in [-0.2, -0.15) is 13.2 Å². The zero-order valence-corrected chi connectivity index (χ0v) is 9.55. The molecule has 1 aliphatic heterocycles. The van der Waals surface area contributed by atoms with E-state index in [1.54, 1.807) is 0 Å². The summed E-state index contributed by atoms with van der Waals surface area (Å²) < 4.78 is 36.0. The number of carbonyl (C=O) groups excluding carboxylic acids is 1. The Morgan fingerprint density at radius 3 is 2.67 bits per heavy atom. The van der Waals surface area contributed by atoms with E-state index in [-0.39, 0.29) is 0 Å². The Labute approximate surface area is 102 Å². The lowest BCUT2D eigenvalue weighted by Gasteiger charge is -2.25. The molecular formula is C12H13F3N2O. The van der Waals surface area contributed by atoms with Crippen molar-refractivity contribution in [1.82, 2.24) is 10.6 Å². The van der Waals surface area contributed by atoms with Crippen molar-refractivity contribution < 1.29 is 18.0 Å². The number of fused-ring (bicyclic) bond motifs is 1. The molecule has 0 aliphatic carbocycles. The summed E-state index contributed by atoms with van der Waals surface area (Å²) in [4.78, 5) is 11.6. The van der Waals surface area contributed by atoms with Gasteiger partial charge in [-0.15, -0.1) is 0 Å². The van der Waals surface area contributed by atoms with E-state index in [2.05, 4.69) is 5.32 Å². The van der Waals surface area contributed by atoms with E-state index >= 15 is 0 Å². The van der Waals surface area contributed by atoms with Gasteiger partial charge < -0.3 is 10.6 Å². The van der Waals surface area contributed by atoms with Gasteiger partial charge in [-0.3, -0.25) is 4.79 Å². The number of alkyl halides is 3. The molecule has 1 aromatic carbocycles. The maximum atomic E-state index is 12.0. The van der Waals surface area contributed by atoms with Crippen molar-refractivity contribution in [3.05, 3.63) is 35.4 Å². The minimum Gasteiger partial charge on any atom is -0.346 e. The number of hydrogen-bond acceptors (Lipinski definition) is 2. The summed E-state index contributed by atoms with van der Waals surface area (Å²) in [7, 11) is 0. The Hall–Kier alpha value is -1.56. The highest BCUT2D eigenvalue weighted by Gasteiger charge is 2.30. The summed E-state index contributed by atoms with van der Waals surface area (Å²) in [6.45, 7) is -0.786. The third kappa shape index (κ3) is 3.22. The van der Waals surface area contributed by atoms with Crippen LogP contribution in [0.2, 0.25) is 0 Å². The Morgan fingerprint density at radius 1 is 1.33 bits per heavy atom. The van der Waals surface area contributed by atoms with E-state index in [0.717, 1.165) is 11.1 Å². The Bertz CT molecular complexity index is 445. The van der Waals surface area contributed by atoms with Gasteiger partial charge in [0.15, 0.2) is 0 Å². The first kappa shape index (κ1) is 12.9. The predicted molar refractivity (Wildman–Crippen MR) is 59.8 cm³/mol. The number of benzene rings is 1. The van der Waals surface area contributed by atoms with Gasteiger partial charge in [0, 0.05) is 6.54 Å². The molecule has 1 heterocycles. The standard InChI is InChI=1S/C12H13F3N2O/c13-12(14,15)7-17-11(18)10-5-8-3-1-2-4-9(8)6-16-10/h1-4,10,16H,5-7H2,(H,17,18)/t10-/m1/s1. The average Bonchev–Trinajstić information content (AvgIpc) is 2.34. The molecule has 0 aromatic heterocycles. The van der Waals surface area contributed by atoms with Gasteiger partial charge in [0.25, 0.3) is 0 Å². The summed E-state index contributed by atoms with van der Waals surface area (Å²) in [6.07, 6.45) is -3.96. The summed E-state index contributed by atoms with van der Waals surface area (Å²) in [5.74, 6) is -0.609. The third-order valence-electron chi connectivity index (χ3n) is 2.86. The minimum atomic E-state index is -4.37. The quantitative estimate of drug-likeness (QED) is 0.841. The Morgan fingerprint density at radius 2 is 2.00 bits per heavy atom. The Kier molecular flexibility index (Phi) is 3.56. The lowest BCUT2D eigenvalue weighted by atomic mass is 9.95. The van der Waals surface area contributed by atoms with Gasteiger partial charge in [0.2, 0.25) is 5.91 Å². The summed E-state index contributed by atoms with van der Waals surface area (Å²) >= 11 is 0. The normalized spacial score (nSPS) is 19.2. The van der Waals surface area contributed by atoms with Gasteiger partial charge in [-0.25, -0.2) is 0 Å². The van der Waals surface area contributed by atoms with E-state index in [9.17, 15) is 18.0 Å². The van der Waals surface area contributed by atoms with Crippen LogP contribution in [0.15, 0.2) is 24.3 Å². The molecule has 0 bridgehead atoms. The van der Waals surface area contributed by atoms with Gasteiger partial charge in [0.05, 0.1) is 6.04 Å². The zero-order chi connectivity index (χ0) is 13.2. The predicted octanol–water partition coefficient (Wildman–Crippen LogP) is 1.38. The maximum absolute atomic E-state index is 12.0. The fraction of sp³-hybridized carbons (Fsp3) is 0.417. The highest BCUT2D eigenvalue weighted by atomic mass is 19.4. The number of carbonyl (C=O) groups is 1. The molecule has 2 rings (SSSR count). The lowest BCUT2D eigenvalue weighted by Crippen LogP contribution is -2.49. The monoisotopic (exact) mass is 258 g/mol. The van der Waals surface area contributed by atoms with Crippen LogP contribution < -0.4 is 10.6 Å². The third-order valence-corrected chi connectivity index (χ3v) is 2.86. The van der Waals surface area contributed by atoms with Crippen molar-refractivity contribution in [1.29, 1.82) is 0 Å². The van der Waals surface area contributed by atoms with Crippen molar-refractivity contribution in [2.24, 2.45) is 0 Å². The largest absolute Gasteiger partial charge is 0.405 e. The molecule has 98 valence electrons. The molecule has 1 atom stereocenters. The summed E-state index contributed by atoms with van der Waals surface area (Å²) in [5.41, 5.74) is 2.08. The van der Waals surface area contributed by atoms with Gasteiger partial charge in [-0.1, -0.05) is 24.3 Å². The molecular weight excluding hydrogens is 245 g/mol. The Balaban J connectivity index is 1.95. The molecule has 0 fully saturated rings. The second-order valence-electron chi connectivity index (χ2n) is 4.24. The van der Waals surface area contributed by atoms with Gasteiger partial charge in [-0.05, 0) is 17.5 Å². The molecule has 0 spiro atoms. The first-order valence-electron chi connectivity index (χ1n) is 5.60. The number of nitrogens with one attached hydrogen (secondary N) is 2.